The number of piperazine rings is 1. The molecule has 2 aromatic rings. The summed E-state index contributed by atoms with van der Waals surface area (Å²) in [5, 5.41) is 11.2. The van der Waals surface area contributed by atoms with Gasteiger partial charge in [0.1, 0.15) is 18.9 Å². The lowest BCUT2D eigenvalue weighted by atomic mass is 10.2. The third-order valence-electron chi connectivity index (χ3n) is 4.85. The highest BCUT2D eigenvalue weighted by Crippen LogP contribution is 2.26. The minimum atomic E-state index is -3.88. The van der Waals surface area contributed by atoms with Gasteiger partial charge < -0.3 is 9.64 Å². The van der Waals surface area contributed by atoms with E-state index in [1.807, 2.05) is 31.2 Å². The van der Waals surface area contributed by atoms with Gasteiger partial charge in [0.15, 0.2) is 4.90 Å². The van der Waals surface area contributed by atoms with Crippen molar-refractivity contribution in [3.63, 3.8) is 0 Å². The van der Waals surface area contributed by atoms with E-state index in [1.165, 1.54) is 39.0 Å². The first-order valence-corrected chi connectivity index (χ1v) is 10.6. The van der Waals surface area contributed by atoms with Crippen LogP contribution in [0.5, 0.6) is 5.75 Å². The van der Waals surface area contributed by atoms with Crippen LogP contribution in [0.1, 0.15) is 5.56 Å². The van der Waals surface area contributed by atoms with E-state index >= 15 is 0 Å². The van der Waals surface area contributed by atoms with Gasteiger partial charge in [0.05, 0.1) is 31.1 Å². The van der Waals surface area contributed by atoms with Crippen molar-refractivity contribution in [1.29, 1.82) is 0 Å². The van der Waals surface area contributed by atoms with Crippen LogP contribution >= 0.6 is 0 Å². The van der Waals surface area contributed by atoms with Gasteiger partial charge in [-0.2, -0.15) is 4.31 Å². The van der Waals surface area contributed by atoms with Crippen molar-refractivity contribution in [3.05, 3.63) is 64.2 Å². The first-order chi connectivity index (χ1) is 13.4. The molecule has 0 spiro atoms. The Morgan fingerprint density at radius 1 is 1.11 bits per heavy atom. The topological polar surface area (TPSA) is 94.2 Å². The summed E-state index contributed by atoms with van der Waals surface area (Å²) in [5.41, 5.74) is 0.790. The lowest BCUT2D eigenvalue weighted by molar-refractivity contribution is -0.903. The molecule has 1 N–H and O–H groups in total. The van der Waals surface area contributed by atoms with Crippen LogP contribution in [0.25, 0.3) is 0 Å². The maximum atomic E-state index is 12.8. The first kappa shape index (κ1) is 20.2. The lowest BCUT2D eigenvalue weighted by Gasteiger charge is -2.31. The van der Waals surface area contributed by atoms with E-state index < -0.39 is 14.9 Å². The van der Waals surface area contributed by atoms with E-state index in [0.717, 1.165) is 12.3 Å². The Hall–Kier alpha value is -2.49. The Labute approximate surface area is 164 Å². The highest BCUT2D eigenvalue weighted by Gasteiger charge is 2.34. The Kier molecular flexibility index (Phi) is 6.28. The fraction of sp³-hybridized carbons (Fsp3) is 0.368. The molecular formula is C19H24N3O5S+. The third kappa shape index (κ3) is 4.67. The molecule has 0 amide bonds. The highest BCUT2D eigenvalue weighted by molar-refractivity contribution is 7.89. The van der Waals surface area contributed by atoms with E-state index in [4.69, 9.17) is 4.74 Å². The molecule has 1 aliphatic heterocycles. The van der Waals surface area contributed by atoms with Gasteiger partial charge in [0.2, 0.25) is 10.0 Å². The Morgan fingerprint density at radius 3 is 2.39 bits per heavy atom. The highest BCUT2D eigenvalue weighted by atomic mass is 32.2. The zero-order chi connectivity index (χ0) is 20.1. The van der Waals surface area contributed by atoms with Crippen LogP contribution in [0.3, 0.4) is 0 Å². The largest absolute Gasteiger partial charge is 0.488 e. The number of rotatable bonds is 7. The maximum absolute atomic E-state index is 12.8. The summed E-state index contributed by atoms with van der Waals surface area (Å²) in [4.78, 5) is 11.5. The van der Waals surface area contributed by atoms with Crippen molar-refractivity contribution in [2.75, 3.05) is 39.3 Å². The molecule has 0 saturated carbocycles. The molecule has 3 rings (SSSR count). The lowest BCUT2D eigenvalue weighted by Crippen LogP contribution is -3.15. The van der Waals surface area contributed by atoms with Crippen molar-refractivity contribution in [2.24, 2.45) is 0 Å². The molecule has 0 unspecified atom stereocenters. The van der Waals surface area contributed by atoms with Crippen molar-refractivity contribution >= 4 is 15.7 Å². The van der Waals surface area contributed by atoms with Crippen LogP contribution in [0.4, 0.5) is 5.69 Å². The van der Waals surface area contributed by atoms with E-state index in [1.54, 1.807) is 0 Å². The summed E-state index contributed by atoms with van der Waals surface area (Å²) in [6.45, 7) is 5.27. The number of aryl methyl sites for hydroxylation is 1. The SMILES string of the molecule is Cc1ccc(OCC[NH+]2CCN(S(=O)(=O)c3ccccc3[N+](=O)[O-])CC2)cc1. The third-order valence-corrected chi connectivity index (χ3v) is 6.80. The van der Waals surface area contributed by atoms with Crippen LogP contribution in [0.2, 0.25) is 0 Å². The van der Waals surface area contributed by atoms with Crippen molar-refractivity contribution in [3.8, 4) is 5.75 Å². The van der Waals surface area contributed by atoms with Crippen molar-refractivity contribution in [2.45, 2.75) is 11.8 Å². The molecule has 8 nitrogen and oxygen atoms in total. The number of nitro groups is 1. The Morgan fingerprint density at radius 2 is 1.75 bits per heavy atom. The number of hydrogen-bond donors (Lipinski definition) is 1. The Balaban J connectivity index is 1.54. The number of hydrogen-bond acceptors (Lipinski definition) is 5. The van der Waals surface area contributed by atoms with Gasteiger partial charge in [-0.05, 0) is 25.1 Å². The minimum Gasteiger partial charge on any atom is -0.488 e. The van der Waals surface area contributed by atoms with Crippen LogP contribution < -0.4 is 9.64 Å². The summed E-state index contributed by atoms with van der Waals surface area (Å²) in [6.07, 6.45) is 0. The predicted molar refractivity (Wildman–Crippen MR) is 104 cm³/mol. The quantitative estimate of drug-likeness (QED) is 0.544. The van der Waals surface area contributed by atoms with Crippen LogP contribution in [-0.2, 0) is 10.0 Å². The molecule has 9 heteroatoms. The molecular weight excluding hydrogens is 382 g/mol. The molecule has 1 aliphatic rings. The molecule has 0 atom stereocenters. The molecule has 1 heterocycles. The van der Waals surface area contributed by atoms with E-state index in [-0.39, 0.29) is 10.6 Å². The minimum absolute atomic E-state index is 0.244. The fourth-order valence-electron chi connectivity index (χ4n) is 3.21. The summed E-state index contributed by atoms with van der Waals surface area (Å²) >= 11 is 0. The number of benzene rings is 2. The first-order valence-electron chi connectivity index (χ1n) is 9.14. The fourth-order valence-corrected chi connectivity index (χ4v) is 4.80. The number of sulfonamides is 1. The van der Waals surface area contributed by atoms with Crippen LogP contribution in [-0.4, -0.2) is 57.0 Å². The monoisotopic (exact) mass is 406 g/mol. The Bertz CT molecular complexity index is 923. The summed E-state index contributed by atoms with van der Waals surface area (Å²) < 4.78 is 32.7. The second-order valence-corrected chi connectivity index (χ2v) is 8.70. The number of ether oxygens (including phenoxy) is 1. The molecule has 0 bridgehead atoms. The molecule has 1 fully saturated rings. The number of nitrogens with one attached hydrogen (secondary N) is 1. The number of nitro benzene ring substituents is 1. The normalized spacial score (nSPS) is 16.0. The zero-order valence-electron chi connectivity index (χ0n) is 15.7. The van der Waals surface area contributed by atoms with Crippen molar-refractivity contribution < 1.29 is 23.0 Å². The predicted octanol–water partition coefficient (Wildman–Crippen LogP) is 0.871. The van der Waals surface area contributed by atoms with Crippen LogP contribution in [0, 0.1) is 17.0 Å². The van der Waals surface area contributed by atoms with E-state index in [9.17, 15) is 18.5 Å². The molecule has 0 radical (unpaired) electrons. The van der Waals surface area contributed by atoms with E-state index in [2.05, 4.69) is 0 Å². The zero-order valence-corrected chi connectivity index (χ0v) is 16.5. The molecule has 1 saturated heterocycles. The van der Waals surface area contributed by atoms with Crippen molar-refractivity contribution in [1.82, 2.24) is 4.31 Å². The average molecular weight is 406 g/mol. The van der Waals surface area contributed by atoms with Gasteiger partial charge in [0.25, 0.3) is 5.69 Å². The standard InChI is InChI=1S/C19H23N3O5S/c1-16-6-8-17(9-7-16)27-15-14-20-10-12-21(13-11-20)28(25,26)19-5-3-2-4-18(19)22(23)24/h2-9H,10-15H2,1H3/p+1. The smallest absolute Gasteiger partial charge is 0.289 e. The second kappa shape index (κ2) is 8.68. The molecule has 150 valence electrons. The molecule has 28 heavy (non-hydrogen) atoms. The van der Waals surface area contributed by atoms with Crippen LogP contribution in [0.15, 0.2) is 53.4 Å². The summed E-state index contributed by atoms with van der Waals surface area (Å²) in [6, 6.07) is 13.3. The van der Waals surface area contributed by atoms with Gasteiger partial charge in [-0.1, -0.05) is 29.8 Å². The molecule has 0 aromatic heterocycles. The van der Waals surface area contributed by atoms with E-state index in [0.29, 0.717) is 32.8 Å². The maximum Gasteiger partial charge on any atom is 0.289 e. The van der Waals surface area contributed by atoms with Gasteiger partial charge in [-0.3, -0.25) is 10.1 Å². The second-order valence-electron chi connectivity index (χ2n) is 6.79. The molecule has 2 aromatic carbocycles. The number of nitrogens with zero attached hydrogens (tertiary/aromatic N) is 2. The van der Waals surface area contributed by atoms with Gasteiger partial charge in [0, 0.05) is 6.07 Å². The summed E-state index contributed by atoms with van der Waals surface area (Å²) in [7, 11) is -3.88. The number of para-hydroxylation sites is 1. The van der Waals surface area contributed by atoms with Gasteiger partial charge >= 0.3 is 0 Å². The summed E-state index contributed by atoms with van der Waals surface area (Å²) in [5.74, 6) is 0.822. The van der Waals surface area contributed by atoms with Gasteiger partial charge in [-0.15, -0.1) is 0 Å². The molecule has 0 aliphatic carbocycles. The average Bonchev–Trinajstić information content (AvgIpc) is 2.70. The number of quaternary nitrogens is 1. The van der Waals surface area contributed by atoms with Gasteiger partial charge in [-0.25, -0.2) is 8.42 Å².